The van der Waals surface area contributed by atoms with E-state index >= 15 is 0 Å². The van der Waals surface area contributed by atoms with E-state index in [0.29, 0.717) is 36.6 Å². The Morgan fingerprint density at radius 3 is 2.37 bits per heavy atom. The van der Waals surface area contributed by atoms with Crippen LogP contribution in [0.2, 0.25) is 0 Å². The summed E-state index contributed by atoms with van der Waals surface area (Å²) in [7, 11) is 0.931. The SMILES string of the molecule is CN1CCC(N(C)C(=O)c2ccc(NC(N)=Nc3ncccc3C3=CCN(C(=O)N4CCS(=O)(=O)CC4)CC3)cc2)CC1. The number of aliphatic imine (C=N–C) groups is 1. The number of nitrogens with one attached hydrogen (secondary N) is 1. The second-order valence-corrected chi connectivity index (χ2v) is 13.7. The normalized spacial score (nSPS) is 20.0. The smallest absolute Gasteiger partial charge is 0.320 e. The van der Waals surface area contributed by atoms with Gasteiger partial charge in [-0.3, -0.25) is 4.79 Å². The van der Waals surface area contributed by atoms with Crippen molar-refractivity contribution in [3.8, 4) is 0 Å². The molecular weight excluding hydrogens is 568 g/mol. The van der Waals surface area contributed by atoms with Gasteiger partial charge in [0, 0.05) is 62.3 Å². The van der Waals surface area contributed by atoms with Gasteiger partial charge < -0.3 is 30.7 Å². The Bertz CT molecular complexity index is 1490. The highest BCUT2D eigenvalue weighted by Crippen LogP contribution is 2.29. The number of benzene rings is 1. The van der Waals surface area contributed by atoms with Crippen molar-refractivity contribution < 1.29 is 18.0 Å². The van der Waals surface area contributed by atoms with E-state index in [-0.39, 0.29) is 48.5 Å². The van der Waals surface area contributed by atoms with Gasteiger partial charge in [-0.2, -0.15) is 4.99 Å². The molecule has 0 aliphatic carbocycles. The molecule has 0 saturated carbocycles. The highest BCUT2D eigenvalue weighted by Gasteiger charge is 2.29. The van der Waals surface area contributed by atoms with Crippen LogP contribution in [-0.2, 0) is 9.84 Å². The predicted molar refractivity (Wildman–Crippen MR) is 168 cm³/mol. The number of nitrogens with two attached hydrogens (primary N) is 1. The van der Waals surface area contributed by atoms with Gasteiger partial charge in [-0.05, 0) is 81.4 Å². The first kappa shape index (κ1) is 30.5. The minimum atomic E-state index is -3.05. The van der Waals surface area contributed by atoms with Gasteiger partial charge in [-0.1, -0.05) is 6.08 Å². The van der Waals surface area contributed by atoms with Crippen molar-refractivity contribution in [1.29, 1.82) is 0 Å². The van der Waals surface area contributed by atoms with E-state index in [1.807, 2.05) is 42.3 Å². The van der Waals surface area contributed by atoms with Crippen LogP contribution in [-0.4, -0.2) is 122 Å². The third-order valence-electron chi connectivity index (χ3n) is 8.41. The quantitative estimate of drug-likeness (QED) is 0.389. The summed E-state index contributed by atoms with van der Waals surface area (Å²) >= 11 is 0. The monoisotopic (exact) mass is 608 g/mol. The van der Waals surface area contributed by atoms with Gasteiger partial charge in [0.1, 0.15) is 0 Å². The van der Waals surface area contributed by atoms with Crippen LogP contribution in [0.1, 0.15) is 35.2 Å². The molecular formula is C30H40N8O4S. The molecule has 230 valence electrons. The first-order valence-electron chi connectivity index (χ1n) is 14.7. The molecule has 4 heterocycles. The molecule has 1 aromatic heterocycles. The summed E-state index contributed by atoms with van der Waals surface area (Å²) in [4.78, 5) is 42.4. The number of pyridine rings is 1. The first-order chi connectivity index (χ1) is 20.6. The molecule has 2 aromatic rings. The Morgan fingerprint density at radius 2 is 1.72 bits per heavy atom. The van der Waals surface area contributed by atoms with E-state index in [1.165, 1.54) is 0 Å². The lowest BCUT2D eigenvalue weighted by Gasteiger charge is -2.35. The second kappa shape index (κ2) is 13.1. The largest absolute Gasteiger partial charge is 0.369 e. The highest BCUT2D eigenvalue weighted by atomic mass is 32.2. The minimum Gasteiger partial charge on any atom is -0.369 e. The van der Waals surface area contributed by atoms with Gasteiger partial charge >= 0.3 is 6.03 Å². The molecule has 2 saturated heterocycles. The van der Waals surface area contributed by atoms with Crippen LogP contribution in [0, 0.1) is 0 Å². The Labute approximate surface area is 253 Å². The number of nitrogens with zero attached hydrogens (tertiary/aromatic N) is 6. The van der Waals surface area contributed by atoms with E-state index in [2.05, 4.69) is 27.2 Å². The number of piperidine rings is 1. The van der Waals surface area contributed by atoms with Crippen LogP contribution in [0.4, 0.5) is 16.3 Å². The third-order valence-corrected chi connectivity index (χ3v) is 10.0. The van der Waals surface area contributed by atoms with E-state index in [1.54, 1.807) is 28.1 Å². The van der Waals surface area contributed by atoms with Crippen LogP contribution >= 0.6 is 0 Å². The van der Waals surface area contributed by atoms with E-state index in [9.17, 15) is 18.0 Å². The molecule has 12 nitrogen and oxygen atoms in total. The van der Waals surface area contributed by atoms with Gasteiger partial charge in [0.2, 0.25) is 0 Å². The van der Waals surface area contributed by atoms with Crippen molar-refractivity contribution in [3.05, 3.63) is 59.8 Å². The summed E-state index contributed by atoms with van der Waals surface area (Å²) in [5.41, 5.74) is 9.43. The van der Waals surface area contributed by atoms with Crippen LogP contribution in [0.25, 0.3) is 5.57 Å². The third kappa shape index (κ3) is 7.52. The number of anilines is 1. The number of hydrogen-bond acceptors (Lipinski definition) is 7. The molecule has 1 aromatic carbocycles. The number of guanidine groups is 1. The minimum absolute atomic E-state index is 0.00534. The zero-order chi connectivity index (χ0) is 30.6. The number of sulfone groups is 1. The molecule has 0 radical (unpaired) electrons. The van der Waals surface area contributed by atoms with Crippen LogP contribution < -0.4 is 11.1 Å². The Hall–Kier alpha value is -3.97. The molecule has 0 bridgehead atoms. The molecule has 3 aliphatic heterocycles. The summed E-state index contributed by atoms with van der Waals surface area (Å²) in [6.07, 6.45) is 6.20. The summed E-state index contributed by atoms with van der Waals surface area (Å²) in [5, 5.41) is 3.08. The molecule has 0 atom stereocenters. The molecule has 43 heavy (non-hydrogen) atoms. The molecule has 0 unspecified atom stereocenters. The fourth-order valence-corrected chi connectivity index (χ4v) is 6.87. The van der Waals surface area contributed by atoms with Crippen molar-refractivity contribution >= 4 is 44.8 Å². The second-order valence-electron chi connectivity index (χ2n) is 11.4. The average Bonchev–Trinajstić information content (AvgIpc) is 3.01. The number of likely N-dealkylation sites (tertiary alicyclic amines) is 1. The molecule has 13 heteroatoms. The fraction of sp³-hybridized carbons (Fsp3) is 0.467. The highest BCUT2D eigenvalue weighted by molar-refractivity contribution is 7.91. The summed E-state index contributed by atoms with van der Waals surface area (Å²) in [5.74, 6) is 0.657. The topological polar surface area (TPSA) is 145 Å². The number of urea groups is 1. The fourth-order valence-electron chi connectivity index (χ4n) is 5.67. The van der Waals surface area contributed by atoms with Crippen LogP contribution in [0.3, 0.4) is 0 Å². The standard InChI is InChI=1S/C30H40N8O4S/c1-35-14-11-25(12-15-35)36(2)28(39)23-5-7-24(8-6-23)33-29(31)34-27-26(4-3-13-32-27)22-9-16-37(17-10-22)30(40)38-18-20-43(41,42)21-19-38/h3-9,13,25H,10-12,14-21H2,1-2H3,(H3,31,32,33,34). The van der Waals surface area contributed by atoms with Crippen LogP contribution in [0.5, 0.6) is 0 Å². The molecule has 5 rings (SSSR count). The van der Waals surface area contributed by atoms with Gasteiger partial charge in [-0.25, -0.2) is 18.2 Å². The zero-order valence-corrected chi connectivity index (χ0v) is 25.6. The number of carbonyl (C=O) groups is 2. The Balaban J connectivity index is 1.20. The van der Waals surface area contributed by atoms with Gasteiger partial charge in [-0.15, -0.1) is 0 Å². The maximum absolute atomic E-state index is 13.0. The molecule has 3 N–H and O–H groups in total. The van der Waals surface area contributed by atoms with E-state index in [4.69, 9.17) is 5.73 Å². The van der Waals surface area contributed by atoms with Crippen molar-refractivity contribution in [2.75, 3.05) is 70.2 Å². The number of aromatic nitrogens is 1. The Kier molecular flexibility index (Phi) is 9.31. The summed E-state index contributed by atoms with van der Waals surface area (Å²) in [6.45, 7) is 3.38. The molecule has 3 amide bonds. The molecule has 2 fully saturated rings. The maximum atomic E-state index is 13.0. The zero-order valence-electron chi connectivity index (χ0n) is 24.8. The number of hydrogen-bond donors (Lipinski definition) is 2. The lowest BCUT2D eigenvalue weighted by Crippen LogP contribution is -2.50. The van der Waals surface area contributed by atoms with Crippen molar-refractivity contribution in [2.24, 2.45) is 10.7 Å². The maximum Gasteiger partial charge on any atom is 0.320 e. The average molecular weight is 609 g/mol. The van der Waals surface area contributed by atoms with E-state index < -0.39 is 9.84 Å². The van der Waals surface area contributed by atoms with Crippen molar-refractivity contribution in [1.82, 2.24) is 24.6 Å². The Morgan fingerprint density at radius 1 is 1.02 bits per heavy atom. The number of amides is 3. The summed E-state index contributed by atoms with van der Waals surface area (Å²) < 4.78 is 23.4. The lowest BCUT2D eigenvalue weighted by molar-refractivity contribution is 0.0659. The van der Waals surface area contributed by atoms with E-state index in [0.717, 1.165) is 37.1 Å². The number of carbonyl (C=O) groups excluding carboxylic acids is 2. The predicted octanol–water partition coefficient (Wildman–Crippen LogP) is 2.25. The number of rotatable bonds is 5. The summed E-state index contributed by atoms with van der Waals surface area (Å²) in [6, 6.07) is 11.1. The van der Waals surface area contributed by atoms with Gasteiger partial charge in [0.15, 0.2) is 21.6 Å². The van der Waals surface area contributed by atoms with Crippen molar-refractivity contribution in [3.63, 3.8) is 0 Å². The van der Waals surface area contributed by atoms with Gasteiger partial charge in [0.05, 0.1) is 11.5 Å². The van der Waals surface area contributed by atoms with Gasteiger partial charge in [0.25, 0.3) is 5.91 Å². The first-order valence-corrected chi connectivity index (χ1v) is 16.5. The lowest BCUT2D eigenvalue weighted by atomic mass is 10.00. The van der Waals surface area contributed by atoms with Crippen LogP contribution in [0.15, 0.2) is 53.7 Å². The molecule has 0 spiro atoms. The van der Waals surface area contributed by atoms with Crippen molar-refractivity contribution in [2.45, 2.75) is 25.3 Å². The molecule has 3 aliphatic rings.